The summed E-state index contributed by atoms with van der Waals surface area (Å²) >= 11 is 0. The van der Waals surface area contributed by atoms with Gasteiger partial charge in [-0.3, -0.25) is 4.90 Å². The van der Waals surface area contributed by atoms with E-state index < -0.39 is 6.36 Å². The van der Waals surface area contributed by atoms with E-state index in [2.05, 4.69) is 17.0 Å². The molecule has 2 amide bonds. The molecule has 1 N–H and O–H groups in total. The van der Waals surface area contributed by atoms with Gasteiger partial charge in [-0.1, -0.05) is 19.8 Å². The molecule has 1 aliphatic rings. The number of anilines is 1. The van der Waals surface area contributed by atoms with E-state index in [-0.39, 0.29) is 11.8 Å². The van der Waals surface area contributed by atoms with Crippen molar-refractivity contribution in [2.24, 2.45) is 0 Å². The molecule has 0 atom stereocenters. The van der Waals surface area contributed by atoms with Crippen molar-refractivity contribution in [3.8, 4) is 5.75 Å². The number of rotatable bonds is 5. The third-order valence-corrected chi connectivity index (χ3v) is 3.70. The summed E-state index contributed by atoms with van der Waals surface area (Å²) < 4.78 is 40.8. The normalized spacial score (nSPS) is 14.3. The van der Waals surface area contributed by atoms with Crippen LogP contribution in [-0.2, 0) is 6.42 Å². The molecule has 1 heterocycles. The smallest absolute Gasteiger partial charge is 0.406 e. The summed E-state index contributed by atoms with van der Waals surface area (Å²) in [4.78, 5) is 13.8. The lowest BCUT2D eigenvalue weighted by atomic mass is 10.0. The number of unbranched alkanes of at least 4 members (excludes halogenated alkanes) is 2. The lowest BCUT2D eigenvalue weighted by Crippen LogP contribution is -2.43. The van der Waals surface area contributed by atoms with Gasteiger partial charge in [-0.25, -0.2) is 4.79 Å². The van der Waals surface area contributed by atoms with Gasteiger partial charge in [0.25, 0.3) is 0 Å². The molecule has 0 aliphatic carbocycles. The number of fused-ring (bicyclic) bond motifs is 1. The third kappa shape index (κ3) is 5.04. The van der Waals surface area contributed by atoms with Crippen molar-refractivity contribution in [3.63, 3.8) is 0 Å². The van der Waals surface area contributed by atoms with Crippen molar-refractivity contribution in [2.75, 3.05) is 18.0 Å². The predicted molar refractivity (Wildman–Crippen MR) is 81.7 cm³/mol. The highest BCUT2D eigenvalue weighted by Crippen LogP contribution is 2.32. The first kappa shape index (κ1) is 17.4. The van der Waals surface area contributed by atoms with Crippen LogP contribution in [0.4, 0.5) is 23.7 Å². The highest BCUT2D eigenvalue weighted by Gasteiger charge is 2.32. The van der Waals surface area contributed by atoms with Crippen molar-refractivity contribution < 1.29 is 22.7 Å². The van der Waals surface area contributed by atoms with E-state index in [0.717, 1.165) is 19.3 Å². The van der Waals surface area contributed by atoms with Gasteiger partial charge in [0.2, 0.25) is 0 Å². The van der Waals surface area contributed by atoms with Crippen LogP contribution in [0, 0.1) is 0 Å². The van der Waals surface area contributed by atoms with Crippen molar-refractivity contribution in [1.29, 1.82) is 0 Å². The molecule has 0 radical (unpaired) electrons. The average molecular weight is 330 g/mol. The van der Waals surface area contributed by atoms with Crippen LogP contribution >= 0.6 is 0 Å². The van der Waals surface area contributed by atoms with Gasteiger partial charge in [-0.15, -0.1) is 13.2 Å². The molecule has 0 fully saturated rings. The van der Waals surface area contributed by atoms with Crippen molar-refractivity contribution in [1.82, 2.24) is 5.32 Å². The maximum Gasteiger partial charge on any atom is 0.573 e. The monoisotopic (exact) mass is 330 g/mol. The molecular weight excluding hydrogens is 309 g/mol. The summed E-state index contributed by atoms with van der Waals surface area (Å²) in [5, 5.41) is 2.86. The minimum atomic E-state index is -4.71. The Morgan fingerprint density at radius 2 is 2.13 bits per heavy atom. The highest BCUT2D eigenvalue weighted by molar-refractivity contribution is 5.93. The standard InChI is InChI=1S/C16H21F3N2O2/c1-2-3-4-9-20-15(22)21-10-5-6-12-11-13(7-8-14(12)21)23-16(17,18)19/h7-8,11H,2-6,9-10H2,1H3,(H,20,22). The largest absolute Gasteiger partial charge is 0.573 e. The number of benzene rings is 1. The zero-order valence-electron chi connectivity index (χ0n) is 13.1. The Bertz CT molecular complexity index is 547. The van der Waals surface area contributed by atoms with Crippen LogP contribution in [-0.4, -0.2) is 25.5 Å². The number of carbonyl (C=O) groups is 1. The van der Waals surface area contributed by atoms with Gasteiger partial charge in [0.1, 0.15) is 5.75 Å². The van der Waals surface area contributed by atoms with Crippen molar-refractivity contribution in [2.45, 2.75) is 45.4 Å². The second-order valence-electron chi connectivity index (χ2n) is 5.53. The lowest BCUT2D eigenvalue weighted by molar-refractivity contribution is -0.274. The number of amides is 2. The van der Waals surface area contributed by atoms with Gasteiger partial charge in [-0.2, -0.15) is 0 Å². The van der Waals surface area contributed by atoms with Crippen molar-refractivity contribution >= 4 is 11.7 Å². The second-order valence-corrected chi connectivity index (χ2v) is 5.53. The molecule has 2 rings (SSSR count). The molecule has 1 aliphatic heterocycles. The van der Waals surface area contributed by atoms with E-state index in [1.165, 1.54) is 18.2 Å². The molecule has 23 heavy (non-hydrogen) atoms. The fraction of sp³-hybridized carbons (Fsp3) is 0.562. The van der Waals surface area contributed by atoms with Crippen LogP contribution in [0.5, 0.6) is 5.75 Å². The number of ether oxygens (including phenoxy) is 1. The number of urea groups is 1. The number of aryl methyl sites for hydroxylation is 1. The van der Waals surface area contributed by atoms with E-state index in [9.17, 15) is 18.0 Å². The molecule has 0 bridgehead atoms. The second kappa shape index (κ2) is 7.57. The van der Waals surface area contributed by atoms with Gasteiger partial charge in [0.15, 0.2) is 0 Å². The quantitative estimate of drug-likeness (QED) is 0.821. The van der Waals surface area contributed by atoms with Crippen LogP contribution in [0.15, 0.2) is 18.2 Å². The SMILES string of the molecule is CCCCCNC(=O)N1CCCc2cc(OC(F)(F)F)ccc21. The molecule has 128 valence electrons. The highest BCUT2D eigenvalue weighted by atomic mass is 19.4. The molecule has 0 spiro atoms. The Morgan fingerprint density at radius 3 is 2.83 bits per heavy atom. The summed E-state index contributed by atoms with van der Waals surface area (Å²) in [5.74, 6) is -0.249. The summed E-state index contributed by atoms with van der Waals surface area (Å²) in [6.07, 6.45) is -0.325. The minimum Gasteiger partial charge on any atom is -0.406 e. The topological polar surface area (TPSA) is 41.6 Å². The molecule has 0 saturated carbocycles. The number of nitrogens with zero attached hydrogens (tertiary/aromatic N) is 1. The third-order valence-electron chi connectivity index (χ3n) is 3.70. The predicted octanol–water partition coefficient (Wildman–Crippen LogP) is 4.24. The van der Waals surface area contributed by atoms with E-state index in [0.29, 0.717) is 37.2 Å². The maximum absolute atomic E-state index is 12.3. The first-order chi connectivity index (χ1) is 10.9. The van der Waals surface area contributed by atoms with E-state index in [4.69, 9.17) is 0 Å². The number of hydrogen-bond donors (Lipinski definition) is 1. The number of carbonyl (C=O) groups excluding carboxylic acids is 1. The van der Waals surface area contributed by atoms with E-state index >= 15 is 0 Å². The van der Waals surface area contributed by atoms with Crippen molar-refractivity contribution in [3.05, 3.63) is 23.8 Å². The molecule has 0 saturated heterocycles. The first-order valence-electron chi connectivity index (χ1n) is 7.85. The molecule has 0 unspecified atom stereocenters. The molecule has 4 nitrogen and oxygen atoms in total. The van der Waals surface area contributed by atoms with Crippen LogP contribution in [0.1, 0.15) is 38.2 Å². The van der Waals surface area contributed by atoms with Crippen LogP contribution in [0.25, 0.3) is 0 Å². The Balaban J connectivity index is 2.05. The average Bonchev–Trinajstić information content (AvgIpc) is 2.49. The maximum atomic E-state index is 12.3. The molecular formula is C16H21F3N2O2. The molecule has 1 aromatic carbocycles. The minimum absolute atomic E-state index is 0.202. The van der Waals surface area contributed by atoms with Gasteiger partial charge >= 0.3 is 12.4 Å². The van der Waals surface area contributed by atoms with Crippen LogP contribution in [0.3, 0.4) is 0 Å². The zero-order chi connectivity index (χ0) is 16.9. The van der Waals surface area contributed by atoms with E-state index in [1.807, 2.05) is 0 Å². The Morgan fingerprint density at radius 1 is 1.35 bits per heavy atom. The number of halogens is 3. The number of nitrogens with one attached hydrogen (secondary N) is 1. The first-order valence-corrected chi connectivity index (χ1v) is 7.85. The number of hydrogen-bond acceptors (Lipinski definition) is 2. The van der Waals surface area contributed by atoms with Crippen LogP contribution < -0.4 is 15.0 Å². The van der Waals surface area contributed by atoms with Gasteiger partial charge in [-0.05, 0) is 43.0 Å². The van der Waals surface area contributed by atoms with Gasteiger partial charge < -0.3 is 10.1 Å². The molecule has 1 aromatic rings. The summed E-state index contributed by atoms with van der Waals surface area (Å²) in [5.41, 5.74) is 1.35. The van der Waals surface area contributed by atoms with Crippen LogP contribution in [0.2, 0.25) is 0 Å². The molecule has 0 aromatic heterocycles. The fourth-order valence-electron chi connectivity index (χ4n) is 2.65. The summed E-state index contributed by atoms with van der Waals surface area (Å²) in [6.45, 7) is 3.25. The molecule has 7 heteroatoms. The Hall–Kier alpha value is -1.92. The summed E-state index contributed by atoms with van der Waals surface area (Å²) in [7, 11) is 0. The van der Waals surface area contributed by atoms with Gasteiger partial charge in [0, 0.05) is 18.8 Å². The summed E-state index contributed by atoms with van der Waals surface area (Å²) in [6, 6.07) is 3.92. The fourth-order valence-corrected chi connectivity index (χ4v) is 2.65. The van der Waals surface area contributed by atoms with Gasteiger partial charge in [0.05, 0.1) is 0 Å². The lowest BCUT2D eigenvalue weighted by Gasteiger charge is -2.30. The zero-order valence-corrected chi connectivity index (χ0v) is 13.1. The Labute approximate surface area is 133 Å². The number of alkyl halides is 3. The Kier molecular flexibility index (Phi) is 5.74. The van der Waals surface area contributed by atoms with E-state index in [1.54, 1.807) is 4.90 Å².